The molecule has 0 radical (unpaired) electrons. The maximum atomic E-state index is 11.7. The number of amides is 2. The molecule has 2 amide bonds. The molecular weight excluding hydrogens is 208 g/mol. The monoisotopic (exact) mass is 230 g/mol. The number of carboxylic acid groups (broad SMARTS) is 1. The van der Waals surface area contributed by atoms with Crippen LogP contribution in [-0.2, 0) is 4.79 Å². The van der Waals surface area contributed by atoms with Gasteiger partial charge in [0.05, 0.1) is 6.42 Å². The largest absolute Gasteiger partial charge is 0.481 e. The van der Waals surface area contributed by atoms with Crippen molar-refractivity contribution in [3.05, 3.63) is 0 Å². The summed E-state index contributed by atoms with van der Waals surface area (Å²) in [4.78, 5) is 23.4. The van der Waals surface area contributed by atoms with Crippen LogP contribution in [0.2, 0.25) is 0 Å². The molecule has 0 heterocycles. The highest BCUT2D eigenvalue weighted by Gasteiger charge is 2.21. The third-order valence-electron chi connectivity index (χ3n) is 2.33. The maximum Gasteiger partial charge on any atom is 0.317 e. The Morgan fingerprint density at radius 3 is 2.38 bits per heavy atom. The molecule has 2 N–H and O–H groups in total. The van der Waals surface area contributed by atoms with Gasteiger partial charge in [-0.05, 0) is 20.3 Å². The van der Waals surface area contributed by atoms with Crippen LogP contribution in [0.5, 0.6) is 0 Å². The van der Waals surface area contributed by atoms with Crippen molar-refractivity contribution in [1.82, 2.24) is 10.2 Å². The van der Waals surface area contributed by atoms with E-state index in [1.54, 1.807) is 7.05 Å². The molecule has 0 spiro atoms. The molecule has 0 atom stereocenters. The van der Waals surface area contributed by atoms with Crippen LogP contribution in [0.15, 0.2) is 0 Å². The van der Waals surface area contributed by atoms with Gasteiger partial charge in [0.15, 0.2) is 0 Å². The second-order valence-corrected chi connectivity index (χ2v) is 4.63. The Bertz CT molecular complexity index is 252. The van der Waals surface area contributed by atoms with Crippen molar-refractivity contribution in [2.24, 2.45) is 0 Å². The molecule has 0 aromatic rings. The van der Waals surface area contributed by atoms with Gasteiger partial charge >= 0.3 is 12.0 Å². The molecule has 0 rings (SSSR count). The highest BCUT2D eigenvalue weighted by atomic mass is 16.4. The molecule has 0 saturated carbocycles. The van der Waals surface area contributed by atoms with Crippen LogP contribution >= 0.6 is 0 Å². The molecular formula is C11H22N2O3. The van der Waals surface area contributed by atoms with Crippen LogP contribution in [0.3, 0.4) is 0 Å². The number of carbonyl (C=O) groups excluding carboxylic acids is 1. The summed E-state index contributed by atoms with van der Waals surface area (Å²) in [6.45, 7) is 6.20. The Labute approximate surface area is 96.8 Å². The summed E-state index contributed by atoms with van der Waals surface area (Å²) in [5, 5.41) is 11.4. The van der Waals surface area contributed by atoms with Crippen LogP contribution < -0.4 is 5.32 Å². The minimum atomic E-state index is -0.896. The zero-order valence-electron chi connectivity index (χ0n) is 10.5. The van der Waals surface area contributed by atoms with Crippen LogP contribution in [0.4, 0.5) is 4.79 Å². The summed E-state index contributed by atoms with van der Waals surface area (Å²) in [5.41, 5.74) is -0.247. The predicted molar refractivity (Wildman–Crippen MR) is 62.4 cm³/mol. The third-order valence-corrected chi connectivity index (χ3v) is 2.33. The Morgan fingerprint density at radius 2 is 1.94 bits per heavy atom. The van der Waals surface area contributed by atoms with Crippen LogP contribution in [-0.4, -0.2) is 41.1 Å². The molecule has 0 aliphatic carbocycles. The van der Waals surface area contributed by atoms with E-state index in [1.165, 1.54) is 4.90 Å². The number of carboxylic acids is 1. The first-order chi connectivity index (χ1) is 7.28. The first kappa shape index (κ1) is 14.7. The van der Waals surface area contributed by atoms with Crippen molar-refractivity contribution in [2.75, 3.05) is 13.6 Å². The van der Waals surface area contributed by atoms with Gasteiger partial charge in [0.1, 0.15) is 0 Å². The van der Waals surface area contributed by atoms with E-state index in [-0.39, 0.29) is 24.5 Å². The minimum Gasteiger partial charge on any atom is -0.481 e. The van der Waals surface area contributed by atoms with E-state index < -0.39 is 5.97 Å². The Morgan fingerprint density at radius 1 is 1.38 bits per heavy atom. The molecule has 0 aliphatic heterocycles. The summed E-state index contributed by atoms with van der Waals surface area (Å²) in [6, 6.07) is -0.222. The second kappa shape index (κ2) is 6.35. The molecule has 0 unspecified atom stereocenters. The van der Waals surface area contributed by atoms with E-state index in [2.05, 4.69) is 12.2 Å². The predicted octanol–water partition coefficient (Wildman–Crippen LogP) is 1.68. The lowest BCUT2D eigenvalue weighted by atomic mass is 9.99. The molecule has 0 saturated heterocycles. The normalized spacial score (nSPS) is 11.0. The van der Waals surface area contributed by atoms with E-state index >= 15 is 0 Å². The van der Waals surface area contributed by atoms with E-state index in [4.69, 9.17) is 5.11 Å². The topological polar surface area (TPSA) is 69.6 Å². The number of nitrogens with one attached hydrogen (secondary N) is 1. The van der Waals surface area contributed by atoms with Gasteiger partial charge in [-0.1, -0.05) is 13.3 Å². The second-order valence-electron chi connectivity index (χ2n) is 4.63. The fourth-order valence-electron chi connectivity index (χ4n) is 1.44. The highest BCUT2D eigenvalue weighted by molar-refractivity contribution is 5.75. The lowest BCUT2D eigenvalue weighted by molar-refractivity contribution is -0.137. The van der Waals surface area contributed by atoms with Crippen molar-refractivity contribution < 1.29 is 14.7 Å². The minimum absolute atomic E-state index is 0.0296. The number of nitrogens with zero attached hydrogens (tertiary/aromatic N) is 1. The first-order valence-corrected chi connectivity index (χ1v) is 5.53. The van der Waals surface area contributed by atoms with Gasteiger partial charge in [0.25, 0.3) is 0 Å². The van der Waals surface area contributed by atoms with Crippen LogP contribution in [0.1, 0.15) is 40.0 Å². The van der Waals surface area contributed by atoms with Gasteiger partial charge < -0.3 is 15.3 Å². The fourth-order valence-corrected chi connectivity index (χ4v) is 1.44. The van der Waals surface area contributed by atoms with Crippen molar-refractivity contribution in [3.8, 4) is 0 Å². The van der Waals surface area contributed by atoms with Crippen molar-refractivity contribution in [1.29, 1.82) is 0 Å². The summed E-state index contributed by atoms with van der Waals surface area (Å²) in [7, 11) is 1.60. The summed E-state index contributed by atoms with van der Waals surface area (Å²) in [6.07, 6.45) is 1.86. The summed E-state index contributed by atoms with van der Waals surface area (Å²) < 4.78 is 0. The van der Waals surface area contributed by atoms with Gasteiger partial charge in [0, 0.05) is 19.1 Å². The van der Waals surface area contributed by atoms with Crippen LogP contribution in [0.25, 0.3) is 0 Å². The zero-order valence-corrected chi connectivity index (χ0v) is 10.5. The maximum absolute atomic E-state index is 11.7. The molecule has 94 valence electrons. The average Bonchev–Trinajstić information content (AvgIpc) is 2.12. The van der Waals surface area contributed by atoms with Gasteiger partial charge in [-0.25, -0.2) is 4.79 Å². The number of hydrogen-bond acceptors (Lipinski definition) is 2. The van der Waals surface area contributed by atoms with E-state index in [0.717, 1.165) is 12.8 Å². The lowest BCUT2D eigenvalue weighted by Crippen LogP contribution is -2.49. The molecule has 0 fully saturated rings. The van der Waals surface area contributed by atoms with E-state index in [9.17, 15) is 9.59 Å². The standard InChI is InChI=1S/C11H22N2O3/c1-5-7-11(2,3)12-10(16)13(4)8-6-9(14)15/h5-8H2,1-4H3,(H,12,16)(H,14,15). The van der Waals surface area contributed by atoms with Gasteiger partial charge in [0.2, 0.25) is 0 Å². The molecule has 0 aliphatic rings. The zero-order chi connectivity index (χ0) is 12.8. The number of urea groups is 1. The molecule has 5 heteroatoms. The summed E-state index contributed by atoms with van der Waals surface area (Å²) >= 11 is 0. The third kappa shape index (κ3) is 6.27. The molecule has 0 aromatic carbocycles. The number of aliphatic carboxylic acids is 1. The average molecular weight is 230 g/mol. The number of carbonyl (C=O) groups is 2. The van der Waals surface area contributed by atoms with Gasteiger partial charge in [-0.2, -0.15) is 0 Å². The molecule has 16 heavy (non-hydrogen) atoms. The van der Waals surface area contributed by atoms with E-state index in [0.29, 0.717) is 0 Å². The molecule has 0 aromatic heterocycles. The fraction of sp³-hybridized carbons (Fsp3) is 0.818. The molecule has 5 nitrogen and oxygen atoms in total. The van der Waals surface area contributed by atoms with Gasteiger partial charge in [-0.3, -0.25) is 4.79 Å². The van der Waals surface area contributed by atoms with Crippen molar-refractivity contribution in [3.63, 3.8) is 0 Å². The Kier molecular flexibility index (Phi) is 5.85. The SMILES string of the molecule is CCCC(C)(C)NC(=O)N(C)CCC(=O)O. The number of rotatable bonds is 6. The lowest BCUT2D eigenvalue weighted by Gasteiger charge is -2.28. The van der Waals surface area contributed by atoms with Gasteiger partial charge in [-0.15, -0.1) is 0 Å². The first-order valence-electron chi connectivity index (χ1n) is 5.53. The Hall–Kier alpha value is -1.26. The molecule has 0 bridgehead atoms. The van der Waals surface area contributed by atoms with Crippen LogP contribution in [0, 0.1) is 0 Å². The van der Waals surface area contributed by atoms with E-state index in [1.807, 2.05) is 13.8 Å². The summed E-state index contributed by atoms with van der Waals surface area (Å²) in [5.74, 6) is -0.896. The van der Waals surface area contributed by atoms with Crippen molar-refractivity contribution in [2.45, 2.75) is 45.6 Å². The smallest absolute Gasteiger partial charge is 0.317 e. The van der Waals surface area contributed by atoms with Crippen molar-refractivity contribution >= 4 is 12.0 Å². The highest BCUT2D eigenvalue weighted by Crippen LogP contribution is 2.11. The Balaban J connectivity index is 4.09. The quantitative estimate of drug-likeness (QED) is 0.729. The number of hydrogen-bond donors (Lipinski definition) is 2.